The lowest BCUT2D eigenvalue weighted by Crippen LogP contribution is -2.03. The number of para-hydroxylation sites is 1. The van der Waals surface area contributed by atoms with Crippen molar-refractivity contribution >= 4 is 23.0 Å². The van der Waals surface area contributed by atoms with Crippen LogP contribution in [0.1, 0.15) is 11.1 Å². The molecule has 2 aromatic carbocycles. The highest BCUT2D eigenvalue weighted by Gasteiger charge is 2.05. The SMILES string of the molecule is N#Cc1cccc(NCc2ccc(F)c(Cl)c2)c1N. The number of nitrogens with zero attached hydrogens (tertiary/aromatic N) is 1. The molecule has 0 aromatic heterocycles. The van der Waals surface area contributed by atoms with Gasteiger partial charge in [-0.25, -0.2) is 4.39 Å². The average Bonchev–Trinajstić information content (AvgIpc) is 2.41. The number of nitrogens with one attached hydrogen (secondary N) is 1. The summed E-state index contributed by atoms with van der Waals surface area (Å²) in [6.07, 6.45) is 0. The molecule has 0 heterocycles. The smallest absolute Gasteiger partial charge is 0.141 e. The van der Waals surface area contributed by atoms with Crippen LogP contribution in [0.3, 0.4) is 0 Å². The Hall–Kier alpha value is -2.25. The quantitative estimate of drug-likeness (QED) is 0.842. The third-order valence-electron chi connectivity index (χ3n) is 2.69. The van der Waals surface area contributed by atoms with Crippen molar-refractivity contribution in [3.05, 3.63) is 58.4 Å². The van der Waals surface area contributed by atoms with Crippen LogP contribution in [0.5, 0.6) is 0 Å². The van der Waals surface area contributed by atoms with Gasteiger partial charge >= 0.3 is 0 Å². The number of benzene rings is 2. The van der Waals surface area contributed by atoms with Crippen LogP contribution in [-0.4, -0.2) is 0 Å². The van der Waals surface area contributed by atoms with E-state index < -0.39 is 5.82 Å². The molecule has 2 rings (SSSR count). The first-order valence-corrected chi connectivity index (χ1v) is 5.96. The highest BCUT2D eigenvalue weighted by Crippen LogP contribution is 2.23. The van der Waals surface area contributed by atoms with E-state index in [1.807, 2.05) is 6.07 Å². The molecule has 0 saturated carbocycles. The van der Waals surface area contributed by atoms with Gasteiger partial charge in [0.05, 0.1) is 22.0 Å². The molecule has 0 bridgehead atoms. The first-order valence-electron chi connectivity index (χ1n) is 5.58. The van der Waals surface area contributed by atoms with Crippen molar-refractivity contribution < 1.29 is 4.39 Å². The van der Waals surface area contributed by atoms with Crippen LogP contribution in [0.15, 0.2) is 36.4 Å². The Bertz CT molecular complexity index is 650. The molecule has 0 aliphatic rings. The number of hydrogen-bond donors (Lipinski definition) is 2. The van der Waals surface area contributed by atoms with E-state index in [2.05, 4.69) is 5.32 Å². The standard InChI is InChI=1S/C14H11ClFN3/c15-11-6-9(4-5-12(11)16)8-19-13-3-1-2-10(7-17)14(13)18/h1-6,19H,8,18H2. The molecule has 0 saturated heterocycles. The summed E-state index contributed by atoms with van der Waals surface area (Å²) in [4.78, 5) is 0. The number of hydrogen-bond acceptors (Lipinski definition) is 3. The molecule has 3 nitrogen and oxygen atoms in total. The maximum absolute atomic E-state index is 13.0. The fraction of sp³-hybridized carbons (Fsp3) is 0.0714. The minimum atomic E-state index is -0.448. The maximum atomic E-state index is 13.0. The minimum Gasteiger partial charge on any atom is -0.396 e. The van der Waals surface area contributed by atoms with Crippen molar-refractivity contribution in [3.8, 4) is 6.07 Å². The lowest BCUT2D eigenvalue weighted by molar-refractivity contribution is 0.627. The number of rotatable bonds is 3. The highest BCUT2D eigenvalue weighted by molar-refractivity contribution is 6.30. The monoisotopic (exact) mass is 275 g/mol. The molecule has 0 radical (unpaired) electrons. The van der Waals surface area contributed by atoms with Gasteiger partial charge in [-0.1, -0.05) is 23.7 Å². The van der Waals surface area contributed by atoms with Crippen LogP contribution in [0.25, 0.3) is 0 Å². The predicted molar refractivity (Wildman–Crippen MR) is 74.3 cm³/mol. The van der Waals surface area contributed by atoms with Crippen molar-refractivity contribution in [2.75, 3.05) is 11.1 Å². The number of nitrogens with two attached hydrogens (primary N) is 1. The van der Waals surface area contributed by atoms with E-state index in [0.717, 1.165) is 5.56 Å². The molecule has 0 unspecified atom stereocenters. The summed E-state index contributed by atoms with van der Waals surface area (Å²) < 4.78 is 13.0. The number of halogens is 2. The van der Waals surface area contributed by atoms with E-state index in [-0.39, 0.29) is 5.02 Å². The Kier molecular flexibility index (Phi) is 3.88. The van der Waals surface area contributed by atoms with Gasteiger partial charge in [-0.15, -0.1) is 0 Å². The van der Waals surface area contributed by atoms with Gasteiger partial charge in [-0.05, 0) is 29.8 Å². The van der Waals surface area contributed by atoms with Gasteiger partial charge in [0.1, 0.15) is 11.9 Å². The van der Waals surface area contributed by atoms with E-state index >= 15 is 0 Å². The Labute approximate surface area is 115 Å². The van der Waals surface area contributed by atoms with Crippen molar-refractivity contribution in [1.29, 1.82) is 5.26 Å². The molecule has 5 heteroatoms. The van der Waals surface area contributed by atoms with E-state index in [1.165, 1.54) is 6.07 Å². The van der Waals surface area contributed by atoms with Crippen molar-refractivity contribution in [3.63, 3.8) is 0 Å². The third kappa shape index (κ3) is 2.95. The lowest BCUT2D eigenvalue weighted by Gasteiger charge is -2.10. The van der Waals surface area contributed by atoms with E-state index in [0.29, 0.717) is 23.5 Å². The van der Waals surface area contributed by atoms with Gasteiger partial charge in [0.25, 0.3) is 0 Å². The van der Waals surface area contributed by atoms with Crippen LogP contribution in [0.4, 0.5) is 15.8 Å². The van der Waals surface area contributed by atoms with Crippen molar-refractivity contribution in [1.82, 2.24) is 0 Å². The van der Waals surface area contributed by atoms with Gasteiger partial charge < -0.3 is 11.1 Å². The molecule has 0 fully saturated rings. The summed E-state index contributed by atoms with van der Waals surface area (Å²) in [6.45, 7) is 0.444. The van der Waals surface area contributed by atoms with Crippen LogP contribution < -0.4 is 11.1 Å². The average molecular weight is 276 g/mol. The molecule has 0 atom stereocenters. The molecule has 2 aromatic rings. The van der Waals surface area contributed by atoms with E-state index in [1.54, 1.807) is 30.3 Å². The predicted octanol–water partition coefficient (Wildman–Crippen LogP) is 3.55. The van der Waals surface area contributed by atoms with E-state index in [4.69, 9.17) is 22.6 Å². The highest BCUT2D eigenvalue weighted by atomic mass is 35.5. The zero-order chi connectivity index (χ0) is 13.8. The molecule has 19 heavy (non-hydrogen) atoms. The second kappa shape index (κ2) is 5.59. The minimum absolute atomic E-state index is 0.0815. The summed E-state index contributed by atoms with van der Waals surface area (Å²) in [5, 5.41) is 12.1. The van der Waals surface area contributed by atoms with Gasteiger partial charge in [-0.3, -0.25) is 0 Å². The number of anilines is 2. The molecule has 3 N–H and O–H groups in total. The van der Waals surface area contributed by atoms with Gasteiger partial charge in [0.15, 0.2) is 0 Å². The summed E-state index contributed by atoms with van der Waals surface area (Å²) >= 11 is 5.70. The largest absolute Gasteiger partial charge is 0.396 e. The first kappa shape index (κ1) is 13.2. The van der Waals surface area contributed by atoms with Crippen LogP contribution in [0, 0.1) is 17.1 Å². The van der Waals surface area contributed by atoms with Crippen molar-refractivity contribution in [2.45, 2.75) is 6.54 Å². The van der Waals surface area contributed by atoms with Crippen molar-refractivity contribution in [2.24, 2.45) is 0 Å². The molecular weight excluding hydrogens is 265 g/mol. The summed E-state index contributed by atoms with van der Waals surface area (Å²) in [7, 11) is 0. The summed E-state index contributed by atoms with van der Waals surface area (Å²) in [5.41, 5.74) is 8.15. The molecular formula is C14H11ClFN3. The molecule has 0 spiro atoms. The normalized spacial score (nSPS) is 9.95. The molecule has 0 aliphatic carbocycles. The Morgan fingerprint density at radius 2 is 2.11 bits per heavy atom. The zero-order valence-corrected chi connectivity index (χ0v) is 10.7. The fourth-order valence-corrected chi connectivity index (χ4v) is 1.87. The maximum Gasteiger partial charge on any atom is 0.141 e. The van der Waals surface area contributed by atoms with E-state index in [9.17, 15) is 4.39 Å². The van der Waals surface area contributed by atoms with Crippen LogP contribution in [0.2, 0.25) is 5.02 Å². The van der Waals surface area contributed by atoms with Gasteiger partial charge in [-0.2, -0.15) is 5.26 Å². The van der Waals surface area contributed by atoms with Gasteiger partial charge in [0.2, 0.25) is 0 Å². The summed E-state index contributed by atoms with van der Waals surface area (Å²) in [5.74, 6) is -0.448. The topological polar surface area (TPSA) is 61.8 Å². The molecule has 0 amide bonds. The van der Waals surface area contributed by atoms with Crippen LogP contribution in [-0.2, 0) is 6.54 Å². The third-order valence-corrected chi connectivity index (χ3v) is 2.98. The Balaban J connectivity index is 2.15. The fourth-order valence-electron chi connectivity index (χ4n) is 1.66. The summed E-state index contributed by atoms with van der Waals surface area (Å²) in [6, 6.07) is 11.7. The zero-order valence-electron chi connectivity index (χ0n) is 9.95. The second-order valence-corrected chi connectivity index (χ2v) is 4.39. The molecule has 0 aliphatic heterocycles. The Morgan fingerprint density at radius 1 is 1.32 bits per heavy atom. The Morgan fingerprint density at radius 3 is 2.79 bits per heavy atom. The first-order chi connectivity index (χ1) is 9.11. The lowest BCUT2D eigenvalue weighted by atomic mass is 10.1. The second-order valence-electron chi connectivity index (χ2n) is 3.98. The molecule has 96 valence electrons. The number of nitrogen functional groups attached to an aromatic ring is 1. The number of nitriles is 1. The van der Waals surface area contributed by atoms with Gasteiger partial charge in [0, 0.05) is 6.54 Å². The van der Waals surface area contributed by atoms with Crippen LogP contribution >= 0.6 is 11.6 Å².